The molecular weight excluding hydrogens is 284 g/mol. The van der Waals surface area contributed by atoms with Crippen LogP contribution < -0.4 is 5.32 Å². The van der Waals surface area contributed by atoms with Crippen LogP contribution in [0.3, 0.4) is 0 Å². The first-order valence-corrected chi connectivity index (χ1v) is 10.2. The lowest BCUT2D eigenvalue weighted by Gasteiger charge is -2.26. The molecule has 1 rings (SSSR count). The molecule has 1 N–H and O–H groups in total. The average molecular weight is 325 g/mol. The van der Waals surface area contributed by atoms with E-state index in [4.69, 9.17) is 0 Å². The fraction of sp³-hybridized carbons (Fsp3) is 0.950. The Bertz CT molecular complexity index is 287. The van der Waals surface area contributed by atoms with Crippen molar-refractivity contribution in [2.75, 3.05) is 26.2 Å². The first-order valence-electron chi connectivity index (χ1n) is 10.2. The summed E-state index contributed by atoms with van der Waals surface area (Å²) in [5.74, 6) is 0.772. The van der Waals surface area contributed by atoms with Gasteiger partial charge in [0.25, 0.3) is 0 Å². The lowest BCUT2D eigenvalue weighted by atomic mass is 10.0. The number of rotatable bonds is 13. The van der Waals surface area contributed by atoms with Gasteiger partial charge in [0.05, 0.1) is 0 Å². The number of hydrogen-bond acceptors (Lipinski definition) is 2. The van der Waals surface area contributed by atoms with E-state index in [0.29, 0.717) is 12.3 Å². The molecule has 1 saturated heterocycles. The summed E-state index contributed by atoms with van der Waals surface area (Å²) >= 11 is 0. The first kappa shape index (κ1) is 20.5. The number of carbonyl (C=O) groups excluding carboxylic acids is 1. The molecule has 0 aliphatic carbocycles. The Labute approximate surface area is 144 Å². The van der Waals surface area contributed by atoms with Gasteiger partial charge in [-0.1, -0.05) is 52.4 Å². The van der Waals surface area contributed by atoms with Gasteiger partial charge in [0.1, 0.15) is 0 Å². The Kier molecular flexibility index (Phi) is 12.3. The predicted molar refractivity (Wildman–Crippen MR) is 99.7 cm³/mol. The summed E-state index contributed by atoms with van der Waals surface area (Å²) in [6.07, 6.45) is 15.0. The molecule has 3 heteroatoms. The van der Waals surface area contributed by atoms with Gasteiger partial charge < -0.3 is 10.2 Å². The summed E-state index contributed by atoms with van der Waals surface area (Å²) in [6.45, 7) is 9.13. The van der Waals surface area contributed by atoms with E-state index in [1.54, 1.807) is 0 Å². The molecule has 1 heterocycles. The zero-order chi connectivity index (χ0) is 16.8. The van der Waals surface area contributed by atoms with Crippen molar-refractivity contribution in [3.63, 3.8) is 0 Å². The van der Waals surface area contributed by atoms with Crippen LogP contribution in [0.5, 0.6) is 0 Å². The van der Waals surface area contributed by atoms with E-state index in [2.05, 4.69) is 24.1 Å². The molecule has 1 aliphatic rings. The SMILES string of the molecule is CCCCCCCCNC(=O)CC(C)CCCN1CCCCC1. The first-order chi connectivity index (χ1) is 11.2. The number of amides is 1. The predicted octanol–water partition coefficient (Wildman–Crippen LogP) is 4.76. The maximum absolute atomic E-state index is 11.9. The van der Waals surface area contributed by atoms with E-state index in [-0.39, 0.29) is 5.91 Å². The Morgan fingerprint density at radius 1 is 1.00 bits per heavy atom. The zero-order valence-corrected chi connectivity index (χ0v) is 15.7. The Balaban J connectivity index is 1.92. The molecule has 0 saturated carbocycles. The van der Waals surface area contributed by atoms with Crippen LogP contribution in [0.1, 0.15) is 90.9 Å². The van der Waals surface area contributed by atoms with E-state index >= 15 is 0 Å². The lowest BCUT2D eigenvalue weighted by Crippen LogP contribution is -2.31. The lowest BCUT2D eigenvalue weighted by molar-refractivity contribution is -0.121. The monoisotopic (exact) mass is 324 g/mol. The highest BCUT2D eigenvalue weighted by Crippen LogP contribution is 2.14. The summed E-state index contributed by atoms with van der Waals surface area (Å²) in [7, 11) is 0. The molecule has 3 nitrogen and oxygen atoms in total. The normalized spacial score (nSPS) is 17.1. The maximum atomic E-state index is 11.9. The highest BCUT2D eigenvalue weighted by Gasteiger charge is 2.12. The Morgan fingerprint density at radius 2 is 1.70 bits per heavy atom. The van der Waals surface area contributed by atoms with Gasteiger partial charge >= 0.3 is 0 Å². The van der Waals surface area contributed by atoms with E-state index in [0.717, 1.165) is 13.0 Å². The molecular formula is C20H40N2O. The number of nitrogens with one attached hydrogen (secondary N) is 1. The second-order valence-corrected chi connectivity index (χ2v) is 7.47. The number of nitrogens with zero attached hydrogens (tertiary/aromatic N) is 1. The van der Waals surface area contributed by atoms with Gasteiger partial charge in [0.2, 0.25) is 5.91 Å². The smallest absolute Gasteiger partial charge is 0.220 e. The van der Waals surface area contributed by atoms with Gasteiger partial charge in [0.15, 0.2) is 0 Å². The summed E-state index contributed by atoms with van der Waals surface area (Å²) < 4.78 is 0. The van der Waals surface area contributed by atoms with Crippen molar-refractivity contribution in [3.05, 3.63) is 0 Å². The number of piperidine rings is 1. The van der Waals surface area contributed by atoms with Crippen molar-refractivity contribution in [3.8, 4) is 0 Å². The van der Waals surface area contributed by atoms with E-state index in [1.807, 2.05) is 0 Å². The highest BCUT2D eigenvalue weighted by atomic mass is 16.1. The van der Waals surface area contributed by atoms with Gasteiger partial charge in [-0.25, -0.2) is 0 Å². The van der Waals surface area contributed by atoms with Crippen LogP contribution in [0, 0.1) is 5.92 Å². The van der Waals surface area contributed by atoms with Crippen molar-refractivity contribution in [1.82, 2.24) is 10.2 Å². The van der Waals surface area contributed by atoms with Crippen LogP contribution in [0.15, 0.2) is 0 Å². The largest absolute Gasteiger partial charge is 0.356 e. The molecule has 1 unspecified atom stereocenters. The molecule has 1 amide bonds. The molecule has 1 aliphatic heterocycles. The number of unbranched alkanes of at least 4 members (excludes halogenated alkanes) is 5. The molecule has 0 aromatic carbocycles. The minimum atomic E-state index is 0.254. The number of carbonyl (C=O) groups is 1. The van der Waals surface area contributed by atoms with Gasteiger partial charge in [-0.3, -0.25) is 4.79 Å². The fourth-order valence-corrected chi connectivity index (χ4v) is 3.47. The number of likely N-dealkylation sites (tertiary alicyclic amines) is 1. The highest BCUT2D eigenvalue weighted by molar-refractivity contribution is 5.76. The van der Waals surface area contributed by atoms with Crippen LogP contribution in [0.2, 0.25) is 0 Å². The van der Waals surface area contributed by atoms with Gasteiger partial charge in [-0.15, -0.1) is 0 Å². The van der Waals surface area contributed by atoms with Crippen LogP contribution in [-0.4, -0.2) is 37.0 Å². The second-order valence-electron chi connectivity index (χ2n) is 7.47. The standard InChI is InChI=1S/C20H40N2O/c1-3-4-5-6-7-9-14-21-20(23)18-19(2)13-12-17-22-15-10-8-11-16-22/h19H,3-18H2,1-2H3,(H,21,23). The molecule has 136 valence electrons. The molecule has 0 aromatic rings. The summed E-state index contributed by atoms with van der Waals surface area (Å²) in [4.78, 5) is 14.5. The van der Waals surface area contributed by atoms with Crippen LogP contribution in [0.25, 0.3) is 0 Å². The number of hydrogen-bond donors (Lipinski definition) is 1. The minimum absolute atomic E-state index is 0.254. The Morgan fingerprint density at radius 3 is 2.43 bits per heavy atom. The van der Waals surface area contributed by atoms with Crippen molar-refractivity contribution >= 4 is 5.91 Å². The fourth-order valence-electron chi connectivity index (χ4n) is 3.47. The molecule has 0 radical (unpaired) electrons. The van der Waals surface area contributed by atoms with E-state index in [1.165, 1.54) is 83.8 Å². The second kappa shape index (κ2) is 13.8. The van der Waals surface area contributed by atoms with Crippen LogP contribution >= 0.6 is 0 Å². The van der Waals surface area contributed by atoms with E-state index in [9.17, 15) is 4.79 Å². The van der Waals surface area contributed by atoms with E-state index < -0.39 is 0 Å². The van der Waals surface area contributed by atoms with Crippen molar-refractivity contribution in [1.29, 1.82) is 0 Å². The maximum Gasteiger partial charge on any atom is 0.220 e. The summed E-state index contributed by atoms with van der Waals surface area (Å²) in [5.41, 5.74) is 0. The third-order valence-corrected chi connectivity index (χ3v) is 5.01. The Hall–Kier alpha value is -0.570. The minimum Gasteiger partial charge on any atom is -0.356 e. The van der Waals surface area contributed by atoms with Crippen LogP contribution in [0.4, 0.5) is 0 Å². The zero-order valence-electron chi connectivity index (χ0n) is 15.7. The quantitative estimate of drug-likeness (QED) is 0.496. The summed E-state index contributed by atoms with van der Waals surface area (Å²) in [6, 6.07) is 0. The van der Waals surface area contributed by atoms with Crippen molar-refractivity contribution in [2.45, 2.75) is 90.9 Å². The van der Waals surface area contributed by atoms with Crippen molar-refractivity contribution < 1.29 is 4.79 Å². The van der Waals surface area contributed by atoms with Crippen molar-refractivity contribution in [2.24, 2.45) is 5.92 Å². The molecule has 23 heavy (non-hydrogen) atoms. The summed E-state index contributed by atoms with van der Waals surface area (Å²) in [5, 5.41) is 3.09. The third-order valence-electron chi connectivity index (χ3n) is 5.01. The van der Waals surface area contributed by atoms with Gasteiger partial charge in [-0.05, 0) is 57.7 Å². The average Bonchev–Trinajstić information content (AvgIpc) is 2.55. The van der Waals surface area contributed by atoms with Gasteiger partial charge in [-0.2, -0.15) is 0 Å². The third kappa shape index (κ3) is 11.6. The molecule has 0 bridgehead atoms. The topological polar surface area (TPSA) is 32.3 Å². The molecule has 1 atom stereocenters. The van der Waals surface area contributed by atoms with Crippen LogP contribution in [-0.2, 0) is 4.79 Å². The van der Waals surface area contributed by atoms with Gasteiger partial charge in [0, 0.05) is 13.0 Å². The molecule has 0 aromatic heterocycles. The molecule has 1 fully saturated rings. The molecule has 0 spiro atoms.